The van der Waals surface area contributed by atoms with Crippen molar-refractivity contribution in [3.05, 3.63) is 53.9 Å². The summed E-state index contributed by atoms with van der Waals surface area (Å²) in [7, 11) is 0. The van der Waals surface area contributed by atoms with Crippen molar-refractivity contribution in [2.45, 2.75) is 38.3 Å². The van der Waals surface area contributed by atoms with Crippen molar-refractivity contribution >= 4 is 11.8 Å². The average Bonchev–Trinajstić information content (AvgIpc) is 3.13. The van der Waals surface area contributed by atoms with Gasteiger partial charge in [-0.05, 0) is 37.0 Å². The summed E-state index contributed by atoms with van der Waals surface area (Å²) in [4.78, 5) is 32.8. The number of benzene rings is 1. The molecule has 1 aliphatic heterocycles. The first-order valence-electron chi connectivity index (χ1n) is 8.35. The summed E-state index contributed by atoms with van der Waals surface area (Å²) in [6, 6.07) is 5.93. The summed E-state index contributed by atoms with van der Waals surface area (Å²) >= 11 is 0. The van der Waals surface area contributed by atoms with Crippen molar-refractivity contribution in [3.63, 3.8) is 0 Å². The highest BCUT2D eigenvalue weighted by molar-refractivity contribution is 5.92. The molecule has 1 saturated heterocycles. The number of H-pyrrole nitrogens is 1. The third-order valence-corrected chi connectivity index (χ3v) is 4.60. The van der Waals surface area contributed by atoms with Crippen LogP contribution in [0.5, 0.6) is 0 Å². The first-order chi connectivity index (χ1) is 12.0. The van der Waals surface area contributed by atoms with Crippen molar-refractivity contribution < 1.29 is 14.0 Å². The topological polar surface area (TPSA) is 78.1 Å². The van der Waals surface area contributed by atoms with Gasteiger partial charge in [0.05, 0.1) is 24.6 Å². The Balaban J connectivity index is 1.79. The van der Waals surface area contributed by atoms with Gasteiger partial charge in [0.25, 0.3) is 5.91 Å². The van der Waals surface area contributed by atoms with E-state index in [0.29, 0.717) is 18.7 Å². The SMILES string of the molecule is CC(=O)N1CCC[C@H](NC(=O)c2cnc[nH]2)[C@@H]1Cc1ccc(F)cc1. The van der Waals surface area contributed by atoms with Crippen LogP contribution in [-0.2, 0) is 11.2 Å². The van der Waals surface area contributed by atoms with Crippen LogP contribution in [0.4, 0.5) is 4.39 Å². The molecular weight excluding hydrogens is 323 g/mol. The van der Waals surface area contributed by atoms with Crippen LogP contribution < -0.4 is 5.32 Å². The van der Waals surface area contributed by atoms with E-state index in [-0.39, 0.29) is 29.7 Å². The van der Waals surface area contributed by atoms with Crippen molar-refractivity contribution in [2.24, 2.45) is 0 Å². The summed E-state index contributed by atoms with van der Waals surface area (Å²) in [5.41, 5.74) is 1.32. The van der Waals surface area contributed by atoms with Gasteiger partial charge in [0, 0.05) is 13.5 Å². The zero-order chi connectivity index (χ0) is 17.8. The lowest BCUT2D eigenvalue weighted by atomic mass is 9.90. The lowest BCUT2D eigenvalue weighted by Gasteiger charge is -2.41. The molecule has 3 rings (SSSR count). The van der Waals surface area contributed by atoms with Crippen molar-refractivity contribution in [1.82, 2.24) is 20.2 Å². The van der Waals surface area contributed by atoms with Gasteiger partial charge in [0.15, 0.2) is 0 Å². The molecule has 0 radical (unpaired) electrons. The van der Waals surface area contributed by atoms with Gasteiger partial charge in [0.1, 0.15) is 11.5 Å². The van der Waals surface area contributed by atoms with Gasteiger partial charge in [-0.25, -0.2) is 9.37 Å². The fraction of sp³-hybridized carbons (Fsp3) is 0.389. The molecule has 25 heavy (non-hydrogen) atoms. The second kappa shape index (κ2) is 7.46. The third-order valence-electron chi connectivity index (χ3n) is 4.60. The number of imidazole rings is 1. The largest absolute Gasteiger partial charge is 0.346 e. The number of rotatable bonds is 4. The van der Waals surface area contributed by atoms with E-state index in [9.17, 15) is 14.0 Å². The fourth-order valence-corrected chi connectivity index (χ4v) is 3.36. The number of likely N-dealkylation sites (tertiary alicyclic amines) is 1. The van der Waals surface area contributed by atoms with Crippen molar-refractivity contribution in [2.75, 3.05) is 6.54 Å². The molecule has 0 aliphatic carbocycles. The molecule has 2 aromatic rings. The van der Waals surface area contributed by atoms with E-state index in [4.69, 9.17) is 0 Å². The second-order valence-electron chi connectivity index (χ2n) is 6.30. The molecule has 2 amide bonds. The Hall–Kier alpha value is -2.70. The maximum absolute atomic E-state index is 13.1. The van der Waals surface area contributed by atoms with Crippen molar-refractivity contribution in [3.8, 4) is 0 Å². The summed E-state index contributed by atoms with van der Waals surface area (Å²) in [6.45, 7) is 2.20. The third kappa shape index (κ3) is 4.04. The molecule has 2 heterocycles. The molecule has 7 heteroatoms. The smallest absolute Gasteiger partial charge is 0.269 e. The number of carbonyl (C=O) groups excluding carboxylic acids is 2. The van der Waals surface area contributed by atoms with Gasteiger partial charge in [-0.15, -0.1) is 0 Å². The molecule has 1 aliphatic rings. The molecule has 1 fully saturated rings. The summed E-state index contributed by atoms with van der Waals surface area (Å²) < 4.78 is 13.1. The number of hydrogen-bond donors (Lipinski definition) is 2. The number of aromatic amines is 1. The zero-order valence-corrected chi connectivity index (χ0v) is 14.0. The first kappa shape index (κ1) is 17.1. The standard InChI is InChI=1S/C18H21FN4O2/c1-12(24)23-8-2-3-15(22-18(25)16-10-20-11-21-16)17(23)9-13-4-6-14(19)7-5-13/h4-7,10-11,15,17H,2-3,8-9H2,1H3,(H,20,21)(H,22,25)/t15-,17-/m0/s1. The molecule has 0 saturated carbocycles. The number of hydrogen-bond acceptors (Lipinski definition) is 3. The van der Waals surface area contributed by atoms with Crippen LogP contribution in [0.25, 0.3) is 0 Å². The first-order valence-corrected chi connectivity index (χ1v) is 8.35. The number of piperidine rings is 1. The van der Waals surface area contributed by atoms with Crippen LogP contribution in [0.1, 0.15) is 35.8 Å². The lowest BCUT2D eigenvalue weighted by molar-refractivity contribution is -0.133. The van der Waals surface area contributed by atoms with Crippen LogP contribution in [0.15, 0.2) is 36.8 Å². The number of carbonyl (C=O) groups is 2. The molecule has 132 valence electrons. The zero-order valence-electron chi connectivity index (χ0n) is 14.0. The van der Waals surface area contributed by atoms with Crippen molar-refractivity contribution in [1.29, 1.82) is 0 Å². The Morgan fingerprint density at radius 1 is 1.36 bits per heavy atom. The number of aromatic nitrogens is 2. The highest BCUT2D eigenvalue weighted by Gasteiger charge is 2.34. The minimum Gasteiger partial charge on any atom is -0.346 e. The highest BCUT2D eigenvalue weighted by Crippen LogP contribution is 2.22. The van der Waals surface area contributed by atoms with Crippen LogP contribution in [0, 0.1) is 5.82 Å². The van der Waals surface area contributed by atoms with E-state index < -0.39 is 0 Å². The fourth-order valence-electron chi connectivity index (χ4n) is 3.36. The van der Waals surface area contributed by atoms with Crippen LogP contribution in [-0.4, -0.2) is 45.3 Å². The van der Waals surface area contributed by atoms with E-state index in [1.165, 1.54) is 31.6 Å². The van der Waals surface area contributed by atoms with E-state index in [0.717, 1.165) is 18.4 Å². The monoisotopic (exact) mass is 344 g/mol. The molecule has 2 N–H and O–H groups in total. The van der Waals surface area contributed by atoms with Gasteiger partial charge in [-0.1, -0.05) is 12.1 Å². The summed E-state index contributed by atoms with van der Waals surface area (Å²) in [6.07, 6.45) is 5.10. The Morgan fingerprint density at radius 2 is 2.12 bits per heavy atom. The minimum absolute atomic E-state index is 0.0207. The minimum atomic E-state index is -0.292. The summed E-state index contributed by atoms with van der Waals surface area (Å²) in [5.74, 6) is -0.551. The summed E-state index contributed by atoms with van der Waals surface area (Å²) in [5, 5.41) is 3.01. The van der Waals surface area contributed by atoms with Gasteiger partial charge in [-0.2, -0.15) is 0 Å². The van der Waals surface area contributed by atoms with Gasteiger partial charge >= 0.3 is 0 Å². The number of halogens is 1. The lowest BCUT2D eigenvalue weighted by Crippen LogP contribution is -2.57. The van der Waals surface area contributed by atoms with E-state index in [2.05, 4.69) is 15.3 Å². The molecule has 0 spiro atoms. The molecule has 0 unspecified atom stereocenters. The van der Waals surface area contributed by atoms with E-state index in [1.807, 2.05) is 0 Å². The predicted molar refractivity (Wildman–Crippen MR) is 90.4 cm³/mol. The Bertz CT molecular complexity index is 730. The molecule has 1 aromatic carbocycles. The number of amides is 2. The van der Waals surface area contributed by atoms with Gasteiger partial charge in [-0.3, -0.25) is 9.59 Å². The maximum atomic E-state index is 13.1. The number of nitrogens with zero attached hydrogens (tertiary/aromatic N) is 2. The van der Waals surface area contributed by atoms with Crippen LogP contribution in [0.3, 0.4) is 0 Å². The molecule has 1 aromatic heterocycles. The quantitative estimate of drug-likeness (QED) is 0.889. The molecule has 6 nitrogen and oxygen atoms in total. The van der Waals surface area contributed by atoms with E-state index in [1.54, 1.807) is 17.0 Å². The maximum Gasteiger partial charge on any atom is 0.269 e. The normalized spacial score (nSPS) is 20.3. The second-order valence-corrected chi connectivity index (χ2v) is 6.30. The van der Waals surface area contributed by atoms with E-state index >= 15 is 0 Å². The molecule has 0 bridgehead atoms. The van der Waals surface area contributed by atoms with Gasteiger partial charge < -0.3 is 15.2 Å². The Labute approximate surface area is 145 Å². The molecule has 2 atom stereocenters. The Morgan fingerprint density at radius 3 is 2.76 bits per heavy atom. The predicted octanol–water partition coefficient (Wildman–Crippen LogP) is 1.90. The average molecular weight is 344 g/mol. The van der Waals surface area contributed by atoms with Crippen LogP contribution in [0.2, 0.25) is 0 Å². The number of nitrogens with one attached hydrogen (secondary N) is 2. The van der Waals surface area contributed by atoms with Crippen LogP contribution >= 0.6 is 0 Å². The molecular formula is C18H21FN4O2. The Kier molecular flexibility index (Phi) is 5.11. The van der Waals surface area contributed by atoms with Gasteiger partial charge in [0.2, 0.25) is 5.91 Å². The highest BCUT2D eigenvalue weighted by atomic mass is 19.1.